The molecule has 0 aromatic heterocycles. The highest BCUT2D eigenvalue weighted by molar-refractivity contribution is 9.10. The van der Waals surface area contributed by atoms with Gasteiger partial charge >= 0.3 is 5.97 Å². The molecule has 2 aromatic carbocycles. The number of nitrogen functional groups attached to an aromatic ring is 1. The van der Waals surface area contributed by atoms with Crippen molar-refractivity contribution in [2.75, 3.05) is 5.73 Å². The average Bonchev–Trinajstić information content (AvgIpc) is 2.42. The second kappa shape index (κ2) is 6.52. The fourth-order valence-electron chi connectivity index (χ4n) is 1.67. The Morgan fingerprint density at radius 1 is 1.20 bits per heavy atom. The summed E-state index contributed by atoms with van der Waals surface area (Å²) in [5.74, 6) is -0.733. The maximum Gasteiger partial charge on any atom is 0.310 e. The van der Waals surface area contributed by atoms with Crippen LogP contribution in [0.5, 0.6) is 0 Å². The molecule has 5 heteroatoms. The van der Waals surface area contributed by atoms with E-state index >= 15 is 0 Å². The summed E-state index contributed by atoms with van der Waals surface area (Å²) in [6.07, 6.45) is 0.160. The van der Waals surface area contributed by atoms with Crippen molar-refractivity contribution in [2.24, 2.45) is 0 Å². The Kier molecular flexibility index (Phi) is 4.74. The molecule has 0 aliphatic heterocycles. The Hall–Kier alpha value is -1.88. The Balaban J connectivity index is 1.92. The molecule has 0 heterocycles. The summed E-state index contributed by atoms with van der Waals surface area (Å²) in [4.78, 5) is 11.7. The SMILES string of the molecule is Nc1ccc(CC(=O)OCc2cc(F)ccc2Br)cc1. The molecule has 2 N–H and O–H groups in total. The summed E-state index contributed by atoms with van der Waals surface area (Å²) >= 11 is 3.28. The number of rotatable bonds is 4. The molecule has 0 spiro atoms. The highest BCUT2D eigenvalue weighted by atomic mass is 79.9. The Labute approximate surface area is 124 Å². The molecule has 0 atom stereocenters. The van der Waals surface area contributed by atoms with Crippen molar-refractivity contribution in [1.82, 2.24) is 0 Å². The van der Waals surface area contributed by atoms with E-state index in [0.29, 0.717) is 15.7 Å². The molecular formula is C15H13BrFNO2. The number of halogens is 2. The van der Waals surface area contributed by atoms with Gasteiger partial charge in [-0.05, 0) is 35.9 Å². The number of carbonyl (C=O) groups excluding carboxylic acids is 1. The molecule has 0 unspecified atom stereocenters. The first-order valence-electron chi connectivity index (χ1n) is 5.98. The molecule has 0 amide bonds. The standard InChI is InChI=1S/C15H13BrFNO2/c16-14-6-3-12(17)8-11(14)9-20-15(19)7-10-1-4-13(18)5-2-10/h1-6,8H,7,9,18H2. The van der Waals surface area contributed by atoms with Gasteiger partial charge in [0.05, 0.1) is 6.42 Å². The lowest BCUT2D eigenvalue weighted by Gasteiger charge is -2.07. The van der Waals surface area contributed by atoms with Gasteiger partial charge in [-0.15, -0.1) is 0 Å². The molecule has 0 radical (unpaired) electrons. The van der Waals surface area contributed by atoms with E-state index in [1.165, 1.54) is 12.1 Å². The zero-order valence-corrected chi connectivity index (χ0v) is 12.2. The number of ether oxygens (including phenoxy) is 1. The van der Waals surface area contributed by atoms with Crippen molar-refractivity contribution < 1.29 is 13.9 Å². The van der Waals surface area contributed by atoms with Crippen molar-refractivity contribution in [3.8, 4) is 0 Å². The van der Waals surface area contributed by atoms with Crippen LogP contribution in [0.3, 0.4) is 0 Å². The number of nitrogens with two attached hydrogens (primary N) is 1. The first kappa shape index (κ1) is 14.5. The highest BCUT2D eigenvalue weighted by Crippen LogP contribution is 2.19. The second-order valence-corrected chi connectivity index (χ2v) is 5.17. The van der Waals surface area contributed by atoms with Crippen LogP contribution in [-0.4, -0.2) is 5.97 Å². The minimum Gasteiger partial charge on any atom is -0.461 e. The van der Waals surface area contributed by atoms with E-state index in [1.54, 1.807) is 30.3 Å². The van der Waals surface area contributed by atoms with Crippen LogP contribution in [0, 0.1) is 5.82 Å². The average molecular weight is 338 g/mol. The Bertz CT molecular complexity index is 614. The van der Waals surface area contributed by atoms with Gasteiger partial charge in [0.25, 0.3) is 0 Å². The first-order valence-corrected chi connectivity index (χ1v) is 6.78. The lowest BCUT2D eigenvalue weighted by Crippen LogP contribution is -2.08. The topological polar surface area (TPSA) is 52.3 Å². The van der Waals surface area contributed by atoms with Gasteiger partial charge in [-0.1, -0.05) is 28.1 Å². The van der Waals surface area contributed by atoms with E-state index < -0.39 is 0 Å². The lowest BCUT2D eigenvalue weighted by molar-refractivity contribution is -0.144. The van der Waals surface area contributed by atoms with Crippen LogP contribution >= 0.6 is 15.9 Å². The molecule has 2 rings (SSSR count). The summed E-state index contributed by atoms with van der Waals surface area (Å²) in [6, 6.07) is 11.3. The Morgan fingerprint density at radius 3 is 2.60 bits per heavy atom. The normalized spacial score (nSPS) is 10.3. The van der Waals surface area contributed by atoms with E-state index in [-0.39, 0.29) is 24.8 Å². The van der Waals surface area contributed by atoms with Crippen LogP contribution < -0.4 is 5.73 Å². The third-order valence-electron chi connectivity index (χ3n) is 2.72. The molecule has 3 nitrogen and oxygen atoms in total. The smallest absolute Gasteiger partial charge is 0.310 e. The van der Waals surface area contributed by atoms with Gasteiger partial charge < -0.3 is 10.5 Å². The van der Waals surface area contributed by atoms with E-state index in [2.05, 4.69) is 15.9 Å². The summed E-state index contributed by atoms with van der Waals surface area (Å²) in [5.41, 5.74) is 7.63. The van der Waals surface area contributed by atoms with Gasteiger partial charge in [0.1, 0.15) is 12.4 Å². The van der Waals surface area contributed by atoms with Gasteiger partial charge in [0.2, 0.25) is 0 Å². The van der Waals surface area contributed by atoms with Crippen molar-refractivity contribution in [2.45, 2.75) is 13.0 Å². The van der Waals surface area contributed by atoms with E-state index in [9.17, 15) is 9.18 Å². The second-order valence-electron chi connectivity index (χ2n) is 4.31. The van der Waals surface area contributed by atoms with Crippen LogP contribution in [0.25, 0.3) is 0 Å². The van der Waals surface area contributed by atoms with Crippen molar-refractivity contribution in [1.29, 1.82) is 0 Å². The molecule has 0 saturated heterocycles. The molecule has 0 saturated carbocycles. The highest BCUT2D eigenvalue weighted by Gasteiger charge is 2.08. The maximum atomic E-state index is 13.1. The predicted octanol–water partition coefficient (Wildman–Crippen LogP) is 3.46. The Morgan fingerprint density at radius 2 is 1.90 bits per heavy atom. The van der Waals surface area contributed by atoms with Gasteiger partial charge in [-0.3, -0.25) is 4.79 Å². The number of anilines is 1. The molecule has 0 fully saturated rings. The molecule has 104 valence electrons. The van der Waals surface area contributed by atoms with Crippen molar-refractivity contribution in [3.63, 3.8) is 0 Å². The van der Waals surface area contributed by atoms with Crippen LogP contribution in [0.2, 0.25) is 0 Å². The quantitative estimate of drug-likeness (QED) is 0.686. The van der Waals surface area contributed by atoms with E-state index in [1.807, 2.05) is 0 Å². The number of benzene rings is 2. The van der Waals surface area contributed by atoms with Gasteiger partial charge in [-0.2, -0.15) is 0 Å². The maximum absolute atomic E-state index is 13.1. The van der Waals surface area contributed by atoms with Crippen LogP contribution in [0.1, 0.15) is 11.1 Å². The fraction of sp³-hybridized carbons (Fsp3) is 0.133. The van der Waals surface area contributed by atoms with E-state index in [0.717, 1.165) is 5.56 Å². The summed E-state index contributed by atoms with van der Waals surface area (Å²) in [7, 11) is 0. The molecule has 2 aromatic rings. The molecule has 20 heavy (non-hydrogen) atoms. The minimum atomic E-state index is -0.370. The van der Waals surface area contributed by atoms with Crippen LogP contribution in [0.4, 0.5) is 10.1 Å². The lowest BCUT2D eigenvalue weighted by atomic mass is 10.1. The predicted molar refractivity (Wildman–Crippen MR) is 78.5 cm³/mol. The number of hydrogen-bond acceptors (Lipinski definition) is 3. The fourth-order valence-corrected chi connectivity index (χ4v) is 2.03. The molecule has 0 aliphatic rings. The minimum absolute atomic E-state index is 0.0339. The molecule has 0 aliphatic carbocycles. The summed E-state index contributed by atoms with van der Waals surface area (Å²) < 4.78 is 18.9. The number of hydrogen-bond donors (Lipinski definition) is 1. The summed E-state index contributed by atoms with van der Waals surface area (Å²) in [6.45, 7) is 0.0339. The number of esters is 1. The van der Waals surface area contributed by atoms with E-state index in [4.69, 9.17) is 10.5 Å². The third kappa shape index (κ3) is 4.06. The monoisotopic (exact) mass is 337 g/mol. The largest absolute Gasteiger partial charge is 0.461 e. The van der Waals surface area contributed by atoms with Crippen LogP contribution in [0.15, 0.2) is 46.9 Å². The van der Waals surface area contributed by atoms with Crippen molar-refractivity contribution >= 4 is 27.6 Å². The van der Waals surface area contributed by atoms with Gasteiger partial charge in [-0.25, -0.2) is 4.39 Å². The number of carbonyl (C=O) groups is 1. The summed E-state index contributed by atoms with van der Waals surface area (Å²) in [5, 5.41) is 0. The van der Waals surface area contributed by atoms with Crippen LogP contribution in [-0.2, 0) is 22.6 Å². The third-order valence-corrected chi connectivity index (χ3v) is 3.50. The zero-order valence-electron chi connectivity index (χ0n) is 10.6. The molecule has 0 bridgehead atoms. The van der Waals surface area contributed by atoms with Gasteiger partial charge in [0.15, 0.2) is 0 Å². The first-order chi connectivity index (χ1) is 9.54. The van der Waals surface area contributed by atoms with Gasteiger partial charge in [0, 0.05) is 15.7 Å². The van der Waals surface area contributed by atoms with Crippen molar-refractivity contribution in [3.05, 3.63) is 63.9 Å². The molecular weight excluding hydrogens is 325 g/mol. The zero-order chi connectivity index (χ0) is 14.5.